The van der Waals surface area contributed by atoms with Gasteiger partial charge in [-0.3, -0.25) is 0 Å². The molecule has 0 radical (unpaired) electrons. The van der Waals surface area contributed by atoms with E-state index in [1.807, 2.05) is 6.07 Å². The summed E-state index contributed by atoms with van der Waals surface area (Å²) in [5, 5.41) is 3.33. The highest BCUT2D eigenvalue weighted by Gasteiger charge is 2.36. The average Bonchev–Trinajstić information content (AvgIpc) is 2.87. The SMILES string of the molecule is Fc1ccc2c(c1)C(C1CC1)CN2. The summed E-state index contributed by atoms with van der Waals surface area (Å²) in [6.45, 7) is 1.00. The molecule has 0 spiro atoms. The lowest BCUT2D eigenvalue weighted by Gasteiger charge is -2.07. The third-order valence-electron chi connectivity index (χ3n) is 3.12. The van der Waals surface area contributed by atoms with Gasteiger partial charge in [-0.15, -0.1) is 0 Å². The maximum atomic E-state index is 13.0. The molecule has 1 aromatic carbocycles. The van der Waals surface area contributed by atoms with Crippen LogP contribution in [0.1, 0.15) is 24.3 Å². The normalized spacial score (nSPS) is 25.5. The highest BCUT2D eigenvalue weighted by atomic mass is 19.1. The van der Waals surface area contributed by atoms with Crippen molar-refractivity contribution >= 4 is 5.69 Å². The van der Waals surface area contributed by atoms with E-state index < -0.39 is 0 Å². The van der Waals surface area contributed by atoms with Crippen molar-refractivity contribution in [3.63, 3.8) is 0 Å². The summed E-state index contributed by atoms with van der Waals surface area (Å²) in [6, 6.07) is 5.08. The Hall–Kier alpha value is -1.05. The Balaban J connectivity index is 2.03. The fourth-order valence-electron chi connectivity index (χ4n) is 2.25. The molecular weight excluding hydrogens is 165 g/mol. The average molecular weight is 177 g/mol. The van der Waals surface area contributed by atoms with E-state index in [0.717, 1.165) is 18.2 Å². The number of halogens is 1. The second kappa shape index (κ2) is 2.47. The van der Waals surface area contributed by atoms with E-state index in [9.17, 15) is 4.39 Å². The summed E-state index contributed by atoms with van der Waals surface area (Å²) in [7, 11) is 0. The zero-order chi connectivity index (χ0) is 8.84. The Morgan fingerprint density at radius 1 is 1.31 bits per heavy atom. The molecule has 0 bridgehead atoms. The van der Waals surface area contributed by atoms with Crippen LogP contribution >= 0.6 is 0 Å². The highest BCUT2D eigenvalue weighted by Crippen LogP contribution is 2.47. The number of hydrogen-bond donors (Lipinski definition) is 1. The van der Waals surface area contributed by atoms with Crippen molar-refractivity contribution in [2.75, 3.05) is 11.9 Å². The summed E-state index contributed by atoms with van der Waals surface area (Å²) in [5.74, 6) is 1.29. The first-order valence-corrected chi connectivity index (χ1v) is 4.88. The van der Waals surface area contributed by atoms with Gasteiger partial charge < -0.3 is 5.32 Å². The minimum atomic E-state index is -0.104. The first-order chi connectivity index (χ1) is 6.34. The Morgan fingerprint density at radius 2 is 2.15 bits per heavy atom. The Bertz CT molecular complexity index is 344. The quantitative estimate of drug-likeness (QED) is 0.695. The lowest BCUT2D eigenvalue weighted by atomic mass is 9.96. The predicted octanol–water partition coefficient (Wildman–Crippen LogP) is 2.74. The van der Waals surface area contributed by atoms with Crippen molar-refractivity contribution in [2.45, 2.75) is 18.8 Å². The molecular formula is C11H12FN. The van der Waals surface area contributed by atoms with Gasteiger partial charge >= 0.3 is 0 Å². The molecule has 3 rings (SSSR count). The van der Waals surface area contributed by atoms with Crippen molar-refractivity contribution in [3.8, 4) is 0 Å². The second-order valence-electron chi connectivity index (χ2n) is 4.06. The van der Waals surface area contributed by atoms with Crippen molar-refractivity contribution in [3.05, 3.63) is 29.6 Å². The fraction of sp³-hybridized carbons (Fsp3) is 0.455. The molecule has 1 aromatic rings. The van der Waals surface area contributed by atoms with E-state index >= 15 is 0 Å². The summed E-state index contributed by atoms with van der Waals surface area (Å²) in [4.78, 5) is 0. The second-order valence-corrected chi connectivity index (χ2v) is 4.06. The van der Waals surface area contributed by atoms with Crippen LogP contribution in [-0.4, -0.2) is 6.54 Å². The van der Waals surface area contributed by atoms with Gasteiger partial charge in [0.05, 0.1) is 0 Å². The third-order valence-corrected chi connectivity index (χ3v) is 3.12. The summed E-state index contributed by atoms with van der Waals surface area (Å²) >= 11 is 0. The Morgan fingerprint density at radius 3 is 2.92 bits per heavy atom. The first-order valence-electron chi connectivity index (χ1n) is 4.88. The zero-order valence-electron chi connectivity index (χ0n) is 7.39. The number of benzene rings is 1. The molecule has 1 atom stereocenters. The maximum absolute atomic E-state index is 13.0. The van der Waals surface area contributed by atoms with Crippen LogP contribution in [0.25, 0.3) is 0 Å². The van der Waals surface area contributed by atoms with E-state index in [1.165, 1.54) is 24.5 Å². The monoisotopic (exact) mass is 177 g/mol. The maximum Gasteiger partial charge on any atom is 0.123 e. The minimum absolute atomic E-state index is 0.104. The van der Waals surface area contributed by atoms with Crippen molar-refractivity contribution < 1.29 is 4.39 Å². The summed E-state index contributed by atoms with van der Waals surface area (Å²) < 4.78 is 13.0. The molecule has 68 valence electrons. The van der Waals surface area contributed by atoms with Gasteiger partial charge in [-0.25, -0.2) is 4.39 Å². The van der Waals surface area contributed by atoms with Crippen LogP contribution < -0.4 is 5.32 Å². The van der Waals surface area contributed by atoms with Gasteiger partial charge in [0.25, 0.3) is 0 Å². The lowest BCUT2D eigenvalue weighted by molar-refractivity contribution is 0.614. The van der Waals surface area contributed by atoms with Crippen molar-refractivity contribution in [1.82, 2.24) is 0 Å². The third kappa shape index (κ3) is 1.12. The van der Waals surface area contributed by atoms with E-state index in [0.29, 0.717) is 5.92 Å². The Kier molecular flexibility index (Phi) is 1.40. The number of nitrogens with one attached hydrogen (secondary N) is 1. The highest BCUT2D eigenvalue weighted by molar-refractivity contribution is 5.58. The first kappa shape index (κ1) is 7.36. The zero-order valence-corrected chi connectivity index (χ0v) is 7.39. The number of rotatable bonds is 1. The van der Waals surface area contributed by atoms with Crippen LogP contribution in [0, 0.1) is 11.7 Å². The largest absolute Gasteiger partial charge is 0.384 e. The van der Waals surface area contributed by atoms with Gasteiger partial charge in [-0.05, 0) is 42.5 Å². The van der Waals surface area contributed by atoms with E-state index in [2.05, 4.69) is 5.32 Å². The smallest absolute Gasteiger partial charge is 0.123 e. The number of fused-ring (bicyclic) bond motifs is 1. The van der Waals surface area contributed by atoms with Crippen LogP contribution in [0.15, 0.2) is 18.2 Å². The molecule has 1 heterocycles. The van der Waals surface area contributed by atoms with Crippen LogP contribution in [0.4, 0.5) is 10.1 Å². The van der Waals surface area contributed by atoms with Crippen molar-refractivity contribution in [2.24, 2.45) is 5.92 Å². The molecule has 1 nitrogen and oxygen atoms in total. The van der Waals surface area contributed by atoms with Crippen LogP contribution in [-0.2, 0) is 0 Å². The minimum Gasteiger partial charge on any atom is -0.384 e. The van der Waals surface area contributed by atoms with Crippen LogP contribution in [0.3, 0.4) is 0 Å². The summed E-state index contributed by atoms with van der Waals surface area (Å²) in [6.07, 6.45) is 2.64. The molecule has 2 heteroatoms. The topological polar surface area (TPSA) is 12.0 Å². The molecule has 1 N–H and O–H groups in total. The van der Waals surface area contributed by atoms with Gasteiger partial charge in [-0.2, -0.15) is 0 Å². The molecule has 1 saturated carbocycles. The van der Waals surface area contributed by atoms with E-state index in [1.54, 1.807) is 6.07 Å². The molecule has 1 aliphatic carbocycles. The molecule has 1 unspecified atom stereocenters. The van der Waals surface area contributed by atoms with Crippen LogP contribution in [0.2, 0.25) is 0 Å². The summed E-state index contributed by atoms with van der Waals surface area (Å²) in [5.41, 5.74) is 2.33. The molecule has 0 amide bonds. The van der Waals surface area contributed by atoms with Crippen LogP contribution in [0.5, 0.6) is 0 Å². The molecule has 0 aromatic heterocycles. The predicted molar refractivity (Wildman–Crippen MR) is 50.4 cm³/mol. The van der Waals surface area contributed by atoms with E-state index in [4.69, 9.17) is 0 Å². The number of anilines is 1. The van der Waals surface area contributed by atoms with Gasteiger partial charge in [0.2, 0.25) is 0 Å². The van der Waals surface area contributed by atoms with E-state index in [-0.39, 0.29) is 5.82 Å². The fourth-order valence-corrected chi connectivity index (χ4v) is 2.25. The molecule has 0 saturated heterocycles. The Labute approximate surface area is 77.0 Å². The van der Waals surface area contributed by atoms with Gasteiger partial charge in [0.1, 0.15) is 5.82 Å². The standard InChI is InChI=1S/C11H12FN/c12-8-3-4-11-9(5-8)10(6-13-11)7-1-2-7/h3-5,7,10,13H,1-2,6H2. The van der Waals surface area contributed by atoms with Crippen molar-refractivity contribution in [1.29, 1.82) is 0 Å². The van der Waals surface area contributed by atoms with Gasteiger partial charge in [-0.1, -0.05) is 0 Å². The molecule has 1 fully saturated rings. The molecule has 1 aliphatic heterocycles. The molecule has 2 aliphatic rings. The molecule has 13 heavy (non-hydrogen) atoms. The number of hydrogen-bond acceptors (Lipinski definition) is 1. The van der Waals surface area contributed by atoms with Gasteiger partial charge in [0.15, 0.2) is 0 Å². The lowest BCUT2D eigenvalue weighted by Crippen LogP contribution is -2.03. The van der Waals surface area contributed by atoms with Gasteiger partial charge in [0, 0.05) is 18.2 Å².